The fraction of sp³-hybridized carbons (Fsp3) is 0. The molecule has 10 aromatic rings. The smallest absolute Gasteiger partial charge is 0.0546 e. The molecule has 0 aromatic heterocycles. The Morgan fingerprint density at radius 1 is 0.236 bits per heavy atom. The second kappa shape index (κ2) is 14.0. The number of fused-ring (bicyclic) bond motifs is 4. The number of hydrogen-bond donors (Lipinski definition) is 0. The molecule has 0 N–H and O–H groups in total. The topological polar surface area (TPSA) is 3.24 Å². The SMILES string of the molecule is c1ccc(-c2ccccc2N(c2ccc(-c3cc4ccccc4c4ccccc34)cc2)c2cc(-c3cccc4ccccc34)ccc2-c2ccccc2)cc1. The van der Waals surface area contributed by atoms with E-state index in [0.717, 1.165) is 22.6 Å². The fourth-order valence-electron chi connectivity index (χ4n) is 8.24. The first-order chi connectivity index (χ1) is 27.3. The van der Waals surface area contributed by atoms with Crippen LogP contribution in [0.4, 0.5) is 17.1 Å². The van der Waals surface area contributed by atoms with Gasteiger partial charge in [-0.05, 0) is 96.0 Å². The molecule has 55 heavy (non-hydrogen) atoms. The van der Waals surface area contributed by atoms with Gasteiger partial charge in [0.2, 0.25) is 0 Å². The highest BCUT2D eigenvalue weighted by molar-refractivity contribution is 6.14. The van der Waals surface area contributed by atoms with E-state index < -0.39 is 0 Å². The van der Waals surface area contributed by atoms with Gasteiger partial charge in [0.1, 0.15) is 0 Å². The van der Waals surface area contributed by atoms with Gasteiger partial charge in [-0.3, -0.25) is 0 Å². The van der Waals surface area contributed by atoms with Gasteiger partial charge >= 0.3 is 0 Å². The lowest BCUT2D eigenvalue weighted by molar-refractivity contribution is 1.28. The van der Waals surface area contributed by atoms with Crippen molar-refractivity contribution in [3.05, 3.63) is 224 Å². The molecule has 0 aliphatic heterocycles. The van der Waals surface area contributed by atoms with Crippen molar-refractivity contribution in [2.75, 3.05) is 4.90 Å². The van der Waals surface area contributed by atoms with Gasteiger partial charge in [0.15, 0.2) is 0 Å². The molecule has 0 saturated carbocycles. The monoisotopic (exact) mass is 699 g/mol. The van der Waals surface area contributed by atoms with Gasteiger partial charge in [-0.25, -0.2) is 0 Å². The molecule has 0 aliphatic carbocycles. The molecule has 0 heterocycles. The highest BCUT2D eigenvalue weighted by Gasteiger charge is 2.22. The maximum atomic E-state index is 2.46. The number of anilines is 3. The zero-order valence-electron chi connectivity index (χ0n) is 30.3. The maximum Gasteiger partial charge on any atom is 0.0546 e. The minimum Gasteiger partial charge on any atom is -0.309 e. The molecule has 10 rings (SSSR count). The maximum absolute atomic E-state index is 2.46. The summed E-state index contributed by atoms with van der Waals surface area (Å²) in [5.74, 6) is 0. The van der Waals surface area contributed by atoms with Gasteiger partial charge in [0, 0.05) is 16.8 Å². The molecule has 1 nitrogen and oxygen atoms in total. The molecule has 0 fully saturated rings. The lowest BCUT2D eigenvalue weighted by atomic mass is 9.92. The standard InChI is InChI=1S/C54H37N/c1-3-16-39(17-4-1)48-25-13-14-29-53(48)55(44-33-30-41(31-34-44)52-36-42-21-8-10-24-47(42)50-26-11-12-27-51(50)52)54-37-43(32-35-49(54)40-18-5-2-6-19-40)46-28-15-22-38-20-7-9-23-45(38)46/h1-37H. The number of nitrogens with zero attached hydrogens (tertiary/aromatic N) is 1. The van der Waals surface area contributed by atoms with Gasteiger partial charge in [0.25, 0.3) is 0 Å². The summed E-state index contributed by atoms with van der Waals surface area (Å²) in [4.78, 5) is 2.46. The van der Waals surface area contributed by atoms with Crippen LogP contribution < -0.4 is 4.90 Å². The van der Waals surface area contributed by atoms with E-state index in [1.54, 1.807) is 0 Å². The highest BCUT2D eigenvalue weighted by Crippen LogP contribution is 2.47. The molecule has 258 valence electrons. The Balaban J connectivity index is 1.22. The van der Waals surface area contributed by atoms with Crippen molar-refractivity contribution in [1.82, 2.24) is 0 Å². The molecule has 0 bridgehead atoms. The van der Waals surface area contributed by atoms with Gasteiger partial charge in [0.05, 0.1) is 11.4 Å². The molecule has 0 saturated heterocycles. The minimum atomic E-state index is 1.09. The molecule has 1 heteroatoms. The Morgan fingerprint density at radius 2 is 0.745 bits per heavy atom. The molecule has 0 atom stereocenters. The second-order valence-corrected chi connectivity index (χ2v) is 14.1. The van der Waals surface area contributed by atoms with E-state index in [9.17, 15) is 0 Å². The molecular formula is C54H37N. The average Bonchev–Trinajstić information content (AvgIpc) is 3.27. The van der Waals surface area contributed by atoms with E-state index in [-0.39, 0.29) is 0 Å². The van der Waals surface area contributed by atoms with E-state index in [2.05, 4.69) is 229 Å². The van der Waals surface area contributed by atoms with Gasteiger partial charge in [-0.1, -0.05) is 194 Å². The number of para-hydroxylation sites is 1. The van der Waals surface area contributed by atoms with Crippen molar-refractivity contribution in [2.45, 2.75) is 0 Å². The average molecular weight is 700 g/mol. The quantitative estimate of drug-likeness (QED) is 0.150. The van der Waals surface area contributed by atoms with Crippen molar-refractivity contribution >= 4 is 49.4 Å². The fourth-order valence-corrected chi connectivity index (χ4v) is 8.24. The summed E-state index contributed by atoms with van der Waals surface area (Å²) in [6.45, 7) is 0. The van der Waals surface area contributed by atoms with Crippen LogP contribution in [0.25, 0.3) is 76.8 Å². The number of rotatable bonds is 7. The van der Waals surface area contributed by atoms with Crippen molar-refractivity contribution in [1.29, 1.82) is 0 Å². The Labute approximate surface area is 322 Å². The van der Waals surface area contributed by atoms with Crippen molar-refractivity contribution in [3.63, 3.8) is 0 Å². The Hall–Kier alpha value is -7.22. The summed E-state index contributed by atoms with van der Waals surface area (Å²) < 4.78 is 0. The van der Waals surface area contributed by atoms with Crippen LogP contribution in [0.5, 0.6) is 0 Å². The first-order valence-corrected chi connectivity index (χ1v) is 18.9. The first-order valence-electron chi connectivity index (χ1n) is 18.9. The van der Waals surface area contributed by atoms with E-state index >= 15 is 0 Å². The van der Waals surface area contributed by atoms with Crippen LogP contribution in [0.1, 0.15) is 0 Å². The normalized spacial score (nSPS) is 11.3. The van der Waals surface area contributed by atoms with Gasteiger partial charge in [-0.15, -0.1) is 0 Å². The van der Waals surface area contributed by atoms with E-state index in [1.165, 1.54) is 71.3 Å². The van der Waals surface area contributed by atoms with Crippen LogP contribution in [-0.2, 0) is 0 Å². The summed E-state index contributed by atoms with van der Waals surface area (Å²) >= 11 is 0. The largest absolute Gasteiger partial charge is 0.309 e. The third-order valence-electron chi connectivity index (χ3n) is 10.9. The summed E-state index contributed by atoms with van der Waals surface area (Å²) in [7, 11) is 0. The number of hydrogen-bond acceptors (Lipinski definition) is 1. The highest BCUT2D eigenvalue weighted by atomic mass is 15.1. The zero-order chi connectivity index (χ0) is 36.6. The van der Waals surface area contributed by atoms with Gasteiger partial charge in [-0.2, -0.15) is 0 Å². The third kappa shape index (κ3) is 5.93. The Bertz CT molecular complexity index is 2960. The van der Waals surface area contributed by atoms with E-state index in [0.29, 0.717) is 0 Å². The van der Waals surface area contributed by atoms with Crippen LogP contribution >= 0.6 is 0 Å². The summed E-state index contributed by atoms with van der Waals surface area (Å²) in [5.41, 5.74) is 12.8. The molecule has 0 unspecified atom stereocenters. The molecule has 0 amide bonds. The summed E-state index contributed by atoms with van der Waals surface area (Å²) in [6, 6.07) is 81.5. The van der Waals surface area contributed by atoms with Gasteiger partial charge < -0.3 is 4.90 Å². The molecule has 0 aliphatic rings. The Morgan fingerprint density at radius 3 is 1.49 bits per heavy atom. The lowest BCUT2D eigenvalue weighted by Crippen LogP contribution is -2.12. The molecule has 0 spiro atoms. The van der Waals surface area contributed by atoms with Crippen molar-refractivity contribution in [2.24, 2.45) is 0 Å². The van der Waals surface area contributed by atoms with Crippen molar-refractivity contribution < 1.29 is 0 Å². The summed E-state index contributed by atoms with van der Waals surface area (Å²) in [6.07, 6.45) is 0. The van der Waals surface area contributed by atoms with Crippen LogP contribution in [-0.4, -0.2) is 0 Å². The molecule has 0 radical (unpaired) electrons. The van der Waals surface area contributed by atoms with E-state index in [4.69, 9.17) is 0 Å². The predicted molar refractivity (Wildman–Crippen MR) is 235 cm³/mol. The van der Waals surface area contributed by atoms with Crippen LogP contribution in [0.3, 0.4) is 0 Å². The molecule has 10 aromatic carbocycles. The van der Waals surface area contributed by atoms with Crippen LogP contribution in [0.15, 0.2) is 224 Å². The molecular weight excluding hydrogens is 663 g/mol. The number of benzene rings is 10. The predicted octanol–water partition coefficient (Wildman–Crippen LogP) is 15.3. The second-order valence-electron chi connectivity index (χ2n) is 14.1. The third-order valence-corrected chi connectivity index (χ3v) is 10.9. The lowest BCUT2D eigenvalue weighted by Gasteiger charge is -2.30. The zero-order valence-corrected chi connectivity index (χ0v) is 30.3. The van der Waals surface area contributed by atoms with Crippen LogP contribution in [0.2, 0.25) is 0 Å². The first kappa shape index (κ1) is 32.4. The Kier molecular flexibility index (Phi) is 8.24. The van der Waals surface area contributed by atoms with Crippen LogP contribution in [0, 0.1) is 0 Å². The van der Waals surface area contributed by atoms with E-state index in [1.807, 2.05) is 0 Å². The van der Waals surface area contributed by atoms with Crippen molar-refractivity contribution in [3.8, 4) is 44.5 Å². The minimum absolute atomic E-state index is 1.09. The summed E-state index contributed by atoms with van der Waals surface area (Å²) in [5, 5.41) is 7.53.